The van der Waals surface area contributed by atoms with E-state index in [-0.39, 0.29) is 0 Å². The molecule has 10 atom stereocenters. The van der Waals surface area contributed by atoms with E-state index in [1.165, 1.54) is 129 Å². The first-order valence-corrected chi connectivity index (χ1v) is 20.8. The van der Waals surface area contributed by atoms with Crippen LogP contribution in [0.5, 0.6) is 0 Å². The topological polar surface area (TPSA) is 0 Å². The summed E-state index contributed by atoms with van der Waals surface area (Å²) < 4.78 is 0. The molecule has 42 heavy (non-hydrogen) atoms. The lowest BCUT2D eigenvalue weighted by Crippen LogP contribution is -2.18. The van der Waals surface area contributed by atoms with Gasteiger partial charge in [0, 0.05) is 0 Å². The van der Waals surface area contributed by atoms with Crippen molar-refractivity contribution in [3.8, 4) is 0 Å². The third-order valence-corrected chi connectivity index (χ3v) is 15.6. The van der Waals surface area contributed by atoms with Crippen LogP contribution >= 0.6 is 0 Å². The third kappa shape index (κ3) is 8.62. The maximum absolute atomic E-state index is 1.58. The van der Waals surface area contributed by atoms with E-state index in [1.807, 2.05) is 0 Å². The summed E-state index contributed by atoms with van der Waals surface area (Å²) in [6.07, 6.45) is 46.6. The molecule has 0 heteroatoms. The van der Waals surface area contributed by atoms with Crippen LogP contribution in [-0.4, -0.2) is 0 Å². The van der Waals surface area contributed by atoms with Crippen LogP contribution in [0.3, 0.4) is 0 Å². The van der Waals surface area contributed by atoms with E-state index >= 15 is 0 Å². The number of hydrogen-bond acceptors (Lipinski definition) is 0. The molecule has 0 aromatic carbocycles. The van der Waals surface area contributed by atoms with E-state index < -0.39 is 0 Å². The Balaban J connectivity index is 0.0000000829. The predicted molar refractivity (Wildman–Crippen MR) is 180 cm³/mol. The van der Waals surface area contributed by atoms with E-state index in [4.69, 9.17) is 0 Å². The Bertz CT molecular complexity index is 726. The highest BCUT2D eigenvalue weighted by Gasteiger charge is 2.44. The molecule has 0 aromatic rings. The first-order chi connectivity index (χ1) is 20.8. The van der Waals surface area contributed by atoms with Gasteiger partial charge in [-0.05, 0) is 116 Å². The molecular formula is C42H72. The number of hydrogen-bond donors (Lipinski definition) is 0. The monoisotopic (exact) mass is 577 g/mol. The fourth-order valence-electron chi connectivity index (χ4n) is 11.9. The second-order valence-electron chi connectivity index (χ2n) is 18.2. The van der Waals surface area contributed by atoms with Gasteiger partial charge in [0.2, 0.25) is 0 Å². The van der Waals surface area contributed by atoms with Gasteiger partial charge in [0.1, 0.15) is 0 Å². The summed E-state index contributed by atoms with van der Waals surface area (Å²) >= 11 is 0. The molecule has 0 heterocycles. The minimum atomic E-state index is 1.17. The van der Waals surface area contributed by atoms with Gasteiger partial charge in [-0.2, -0.15) is 0 Å². The van der Waals surface area contributed by atoms with Crippen molar-refractivity contribution in [1.82, 2.24) is 0 Å². The Morgan fingerprint density at radius 1 is 0.143 bits per heavy atom. The van der Waals surface area contributed by atoms with E-state index in [0.29, 0.717) is 0 Å². The maximum atomic E-state index is 1.58. The van der Waals surface area contributed by atoms with Crippen molar-refractivity contribution in [3.63, 3.8) is 0 Å². The molecule has 12 aliphatic rings. The molecule has 0 radical (unpaired) electrons. The number of rotatable bonds is 0. The molecule has 12 rings (SSSR count). The van der Waals surface area contributed by atoms with Crippen molar-refractivity contribution in [3.05, 3.63) is 0 Å². The van der Waals surface area contributed by atoms with Crippen molar-refractivity contribution in [2.24, 2.45) is 71.0 Å². The van der Waals surface area contributed by atoms with E-state index in [1.54, 1.807) is 135 Å². The van der Waals surface area contributed by atoms with Crippen molar-refractivity contribution in [1.29, 1.82) is 0 Å². The van der Waals surface area contributed by atoms with Gasteiger partial charge >= 0.3 is 0 Å². The lowest BCUT2D eigenvalue weighted by atomic mass is 9.77. The summed E-state index contributed by atoms with van der Waals surface area (Å²) in [7, 11) is 0. The van der Waals surface area contributed by atoms with Crippen molar-refractivity contribution >= 4 is 0 Å². The van der Waals surface area contributed by atoms with E-state index in [0.717, 1.165) is 0 Å². The number of fused-ring (bicyclic) bond motifs is 6. The Morgan fingerprint density at radius 2 is 0.310 bits per heavy atom. The van der Waals surface area contributed by atoms with Crippen molar-refractivity contribution in [2.75, 3.05) is 0 Å². The summed E-state index contributed by atoms with van der Waals surface area (Å²) in [4.78, 5) is 0. The molecule has 0 nitrogen and oxygen atoms in total. The lowest BCUT2D eigenvalue weighted by molar-refractivity contribution is 0.219. The van der Waals surface area contributed by atoms with E-state index in [9.17, 15) is 0 Å². The second-order valence-corrected chi connectivity index (χ2v) is 18.2. The molecule has 0 amide bonds. The van der Waals surface area contributed by atoms with E-state index in [2.05, 4.69) is 0 Å². The second kappa shape index (κ2) is 15.1. The lowest BCUT2D eigenvalue weighted by Gasteiger charge is -2.29. The van der Waals surface area contributed by atoms with Gasteiger partial charge in [-0.1, -0.05) is 148 Å². The summed E-state index contributed by atoms with van der Waals surface area (Å²) in [6.45, 7) is 0. The highest BCUT2D eigenvalue weighted by atomic mass is 14.5. The minimum Gasteiger partial charge on any atom is -0.0530 e. The summed E-state index contributed by atoms with van der Waals surface area (Å²) in [5.41, 5.74) is 0. The molecule has 0 saturated heterocycles. The molecule has 240 valence electrons. The SMILES string of the molecule is C1CC2CCCC2C1.C1CC[C@H]2CCC[C@H]2C1.C1CC[C@H]2C[C@H]2C1.C1C[C@@H]2CC[C@@H]2C1.C1C[C@@H]2C[C@@H]2C1.C1C[C@H]2C[C@@H]12. The first-order valence-electron chi connectivity index (χ1n) is 20.8. The summed E-state index contributed by atoms with van der Waals surface area (Å²) in [5, 5.41) is 0. The standard InChI is InChI=1S/C9H16.C8H14.2C7H12.C6H10.C5H8/c1-2-5-9-7-3-6-8(9)4-1;1-3-7-5-2-6-8(7)4-1;1-2-6-4-5-7(6)3-1;1-2-4-7-5-6(7)3-1;1-2-5-4-6(5)3-1;1-2-5-3-4(1)5/h8-9H,1-7H2;7-8H,1-6H2;2*6-7H,1-5H2;5-6H,1-4H2;4-5H,1-3H2/t8-,9+;;2*6-,7+;5-,6+;4-,5+. The largest absolute Gasteiger partial charge is 0.0530 e. The molecule has 0 N–H and O–H groups in total. The molecule has 12 aliphatic carbocycles. The zero-order valence-corrected chi connectivity index (χ0v) is 28.1. The predicted octanol–water partition coefficient (Wildman–Crippen LogP) is 13.2. The zero-order valence-electron chi connectivity index (χ0n) is 28.1. The Kier molecular flexibility index (Phi) is 11.0. The van der Waals surface area contributed by atoms with Crippen LogP contribution in [0.25, 0.3) is 0 Å². The average Bonchev–Trinajstić information content (AvgIpc) is 3.71. The van der Waals surface area contributed by atoms with Gasteiger partial charge in [-0.15, -0.1) is 0 Å². The molecule has 12 saturated carbocycles. The molecule has 12 fully saturated rings. The molecule has 0 spiro atoms. The fraction of sp³-hybridized carbons (Fsp3) is 1.00. The van der Waals surface area contributed by atoms with Crippen LogP contribution < -0.4 is 0 Å². The fourth-order valence-corrected chi connectivity index (χ4v) is 11.9. The van der Waals surface area contributed by atoms with Crippen molar-refractivity contribution < 1.29 is 0 Å². The van der Waals surface area contributed by atoms with Crippen LogP contribution in [0.1, 0.15) is 193 Å². The molecular weight excluding hydrogens is 504 g/mol. The van der Waals surface area contributed by atoms with Gasteiger partial charge in [-0.3, -0.25) is 0 Å². The van der Waals surface area contributed by atoms with Crippen LogP contribution in [0, 0.1) is 71.0 Å². The van der Waals surface area contributed by atoms with Gasteiger partial charge in [0.25, 0.3) is 0 Å². The third-order valence-electron chi connectivity index (χ3n) is 15.6. The Hall–Kier alpha value is 0. The molecule has 0 bridgehead atoms. The highest BCUT2D eigenvalue weighted by Crippen LogP contribution is 2.55. The van der Waals surface area contributed by atoms with Gasteiger partial charge in [0.05, 0.1) is 0 Å². The van der Waals surface area contributed by atoms with Crippen LogP contribution in [0.2, 0.25) is 0 Å². The van der Waals surface area contributed by atoms with Crippen molar-refractivity contribution in [2.45, 2.75) is 193 Å². The quantitative estimate of drug-likeness (QED) is 0.269. The van der Waals surface area contributed by atoms with Gasteiger partial charge in [-0.25, -0.2) is 0 Å². The highest BCUT2D eigenvalue weighted by molar-refractivity contribution is 4.95. The maximum Gasteiger partial charge on any atom is -0.0383 e. The Morgan fingerprint density at radius 3 is 0.524 bits per heavy atom. The average molecular weight is 577 g/mol. The van der Waals surface area contributed by atoms with Gasteiger partial charge < -0.3 is 0 Å². The first kappa shape index (κ1) is 30.6. The summed E-state index contributed by atoms with van der Waals surface area (Å²) in [5.74, 6) is 14.4. The van der Waals surface area contributed by atoms with Gasteiger partial charge in [0.15, 0.2) is 0 Å². The minimum absolute atomic E-state index is 1.17. The Labute approximate surface area is 263 Å². The normalized spacial score (nSPS) is 48.0. The van der Waals surface area contributed by atoms with Crippen LogP contribution in [0.15, 0.2) is 0 Å². The smallest absolute Gasteiger partial charge is 0.0383 e. The zero-order chi connectivity index (χ0) is 28.1. The van der Waals surface area contributed by atoms with Crippen LogP contribution in [-0.2, 0) is 0 Å². The summed E-state index contributed by atoms with van der Waals surface area (Å²) in [6, 6.07) is 0. The molecule has 0 aromatic heterocycles. The van der Waals surface area contributed by atoms with Crippen LogP contribution in [0.4, 0.5) is 0 Å². The molecule has 0 aliphatic heterocycles. The molecule has 0 unspecified atom stereocenters.